The lowest BCUT2D eigenvalue weighted by atomic mass is 10.0. The number of carbonyl (C=O) groups excluding carboxylic acids is 1. The van der Waals surface area contributed by atoms with E-state index in [4.69, 9.17) is 5.73 Å². The Balaban J connectivity index is 2.06. The molecule has 0 unspecified atom stereocenters. The molecule has 0 bridgehead atoms. The van der Waals surface area contributed by atoms with Crippen LogP contribution in [0.2, 0.25) is 0 Å². The van der Waals surface area contributed by atoms with E-state index in [1.165, 1.54) is 9.47 Å². The molecule has 2 rings (SSSR count). The van der Waals surface area contributed by atoms with E-state index in [1.807, 2.05) is 0 Å². The summed E-state index contributed by atoms with van der Waals surface area (Å²) in [5.74, 6) is -1.69. The Morgan fingerprint density at radius 3 is 2.67 bits per heavy atom. The molecule has 8 heteroatoms. The summed E-state index contributed by atoms with van der Waals surface area (Å²) in [6.45, 7) is 4.28. The first-order valence-corrected chi connectivity index (χ1v) is 8.09. The third-order valence-electron chi connectivity index (χ3n) is 4.38. The van der Waals surface area contributed by atoms with Crippen LogP contribution in [0.3, 0.4) is 0 Å². The van der Waals surface area contributed by atoms with Gasteiger partial charge in [0.15, 0.2) is 0 Å². The molecule has 2 heterocycles. The van der Waals surface area contributed by atoms with Crippen molar-refractivity contribution in [3.8, 4) is 0 Å². The van der Waals surface area contributed by atoms with E-state index in [0.717, 1.165) is 5.69 Å². The Morgan fingerprint density at radius 2 is 2.04 bits per heavy atom. The fourth-order valence-electron chi connectivity index (χ4n) is 3.04. The highest BCUT2D eigenvalue weighted by Gasteiger charge is 2.29. The van der Waals surface area contributed by atoms with Crippen LogP contribution in [0.15, 0.2) is 10.9 Å². The number of aryl methyl sites for hydroxylation is 2. The monoisotopic (exact) mass is 336 g/mol. The van der Waals surface area contributed by atoms with Crippen molar-refractivity contribution in [1.29, 1.82) is 0 Å². The number of hydrogen-bond acceptors (Lipinski definition) is 5. The first kappa shape index (κ1) is 18.1. The summed E-state index contributed by atoms with van der Waals surface area (Å²) in [5.41, 5.74) is 6.96. The number of rotatable bonds is 4. The third-order valence-corrected chi connectivity index (χ3v) is 4.38. The van der Waals surface area contributed by atoms with Crippen molar-refractivity contribution in [2.45, 2.75) is 45.7 Å². The van der Waals surface area contributed by atoms with E-state index in [9.17, 15) is 19.5 Å². The molecule has 1 fully saturated rings. The van der Waals surface area contributed by atoms with E-state index in [1.54, 1.807) is 19.9 Å². The molecule has 0 aliphatic carbocycles. The summed E-state index contributed by atoms with van der Waals surface area (Å²) >= 11 is 0. The van der Waals surface area contributed by atoms with Gasteiger partial charge in [0.2, 0.25) is 5.91 Å². The number of hydrogen-bond donors (Lipinski definition) is 2. The number of likely N-dealkylation sites (tertiary alicyclic amines) is 1. The topological polar surface area (TPSA) is 119 Å². The quantitative estimate of drug-likeness (QED) is 0.792. The van der Waals surface area contributed by atoms with Gasteiger partial charge in [-0.3, -0.25) is 14.2 Å². The molecule has 1 aliphatic rings. The fourth-order valence-corrected chi connectivity index (χ4v) is 3.04. The normalized spacial score (nSPS) is 21.4. The van der Waals surface area contributed by atoms with E-state index < -0.39 is 11.9 Å². The molecule has 24 heavy (non-hydrogen) atoms. The van der Waals surface area contributed by atoms with Crippen LogP contribution in [0.4, 0.5) is 0 Å². The molecule has 0 spiro atoms. The minimum Gasteiger partial charge on any atom is -0.481 e. The summed E-state index contributed by atoms with van der Waals surface area (Å²) < 4.78 is 1.46. The van der Waals surface area contributed by atoms with Crippen LogP contribution in [0.1, 0.15) is 30.7 Å². The summed E-state index contributed by atoms with van der Waals surface area (Å²) in [6, 6.07) is 1.57. The lowest BCUT2D eigenvalue weighted by Crippen LogP contribution is -2.42. The maximum absolute atomic E-state index is 12.5. The van der Waals surface area contributed by atoms with Crippen molar-refractivity contribution in [3.63, 3.8) is 0 Å². The van der Waals surface area contributed by atoms with Gasteiger partial charge in [0.1, 0.15) is 0 Å². The Labute approximate surface area is 140 Å². The number of carboxylic acid groups (broad SMARTS) is 1. The van der Waals surface area contributed by atoms with Gasteiger partial charge in [-0.25, -0.2) is 4.79 Å². The molecule has 3 N–H and O–H groups in total. The molecular weight excluding hydrogens is 312 g/mol. The Morgan fingerprint density at radius 1 is 1.33 bits per heavy atom. The summed E-state index contributed by atoms with van der Waals surface area (Å²) in [5, 5.41) is 9.22. The lowest BCUT2D eigenvalue weighted by molar-refractivity contribution is -0.143. The highest BCUT2D eigenvalue weighted by atomic mass is 16.4. The van der Waals surface area contributed by atoms with Crippen LogP contribution in [0.25, 0.3) is 0 Å². The molecule has 2 atom stereocenters. The predicted octanol–water partition coefficient (Wildman–Crippen LogP) is -0.0993. The first-order chi connectivity index (χ1) is 11.3. The molecule has 1 saturated heterocycles. The van der Waals surface area contributed by atoms with Gasteiger partial charge in [-0.2, -0.15) is 4.98 Å². The third kappa shape index (κ3) is 4.41. The van der Waals surface area contributed by atoms with Crippen LogP contribution >= 0.6 is 0 Å². The first-order valence-electron chi connectivity index (χ1n) is 8.09. The van der Waals surface area contributed by atoms with Crippen molar-refractivity contribution < 1.29 is 14.7 Å². The maximum atomic E-state index is 12.5. The van der Waals surface area contributed by atoms with Crippen molar-refractivity contribution in [2.75, 3.05) is 13.1 Å². The molecule has 1 amide bonds. The Kier molecular flexibility index (Phi) is 5.71. The van der Waals surface area contributed by atoms with Crippen molar-refractivity contribution in [3.05, 3.63) is 27.9 Å². The van der Waals surface area contributed by atoms with E-state index >= 15 is 0 Å². The van der Waals surface area contributed by atoms with Crippen LogP contribution in [0.5, 0.6) is 0 Å². The van der Waals surface area contributed by atoms with Gasteiger partial charge < -0.3 is 15.7 Å². The SMILES string of the molecule is Cc1cc(C)n(CCC(=O)N2C[C@H](N)CC[C@H](C(=O)O)C2)c(=O)n1. The molecule has 0 radical (unpaired) electrons. The average Bonchev–Trinajstić information content (AvgIpc) is 2.68. The van der Waals surface area contributed by atoms with Crippen LogP contribution in [-0.4, -0.2) is 50.6 Å². The largest absolute Gasteiger partial charge is 0.481 e. The Bertz CT molecular complexity index is 685. The number of amides is 1. The smallest absolute Gasteiger partial charge is 0.347 e. The van der Waals surface area contributed by atoms with Gasteiger partial charge in [0, 0.05) is 43.5 Å². The number of carbonyl (C=O) groups is 2. The molecule has 1 aromatic rings. The van der Waals surface area contributed by atoms with Crippen molar-refractivity contribution in [1.82, 2.24) is 14.5 Å². The number of nitrogens with zero attached hydrogens (tertiary/aromatic N) is 3. The van der Waals surface area contributed by atoms with Crippen LogP contribution in [-0.2, 0) is 16.1 Å². The highest BCUT2D eigenvalue weighted by Crippen LogP contribution is 2.17. The predicted molar refractivity (Wildman–Crippen MR) is 87.5 cm³/mol. The number of aromatic nitrogens is 2. The molecule has 1 aromatic heterocycles. The van der Waals surface area contributed by atoms with E-state index in [-0.39, 0.29) is 37.1 Å². The molecule has 0 aromatic carbocycles. The zero-order valence-electron chi connectivity index (χ0n) is 14.1. The molecule has 1 aliphatic heterocycles. The lowest BCUT2D eigenvalue weighted by Gasteiger charge is -2.24. The van der Waals surface area contributed by atoms with Gasteiger partial charge in [-0.05, 0) is 32.8 Å². The standard InChI is InChI=1S/C16H24N4O4/c1-10-7-11(2)20(16(24)18-10)6-5-14(21)19-8-12(15(22)23)3-4-13(17)9-19/h7,12-13H,3-6,8-9,17H2,1-2H3,(H,22,23)/t12-,13+/m0/s1. The van der Waals surface area contributed by atoms with Crippen molar-refractivity contribution in [2.24, 2.45) is 11.7 Å². The molecular formula is C16H24N4O4. The molecule has 8 nitrogen and oxygen atoms in total. The van der Waals surface area contributed by atoms with E-state index in [2.05, 4.69) is 4.98 Å². The summed E-state index contributed by atoms with van der Waals surface area (Å²) in [6.07, 6.45) is 1.17. The van der Waals surface area contributed by atoms with Crippen molar-refractivity contribution >= 4 is 11.9 Å². The van der Waals surface area contributed by atoms with E-state index in [0.29, 0.717) is 25.1 Å². The minimum atomic E-state index is -0.906. The average molecular weight is 336 g/mol. The second-order valence-electron chi connectivity index (χ2n) is 6.39. The minimum absolute atomic E-state index is 0.116. The maximum Gasteiger partial charge on any atom is 0.347 e. The molecule has 132 valence electrons. The van der Waals surface area contributed by atoms with Crippen LogP contribution in [0, 0.1) is 19.8 Å². The van der Waals surface area contributed by atoms with Gasteiger partial charge in [0.25, 0.3) is 0 Å². The summed E-state index contributed by atoms with van der Waals surface area (Å²) in [4.78, 5) is 41.0. The highest BCUT2D eigenvalue weighted by molar-refractivity contribution is 5.77. The van der Waals surface area contributed by atoms with Gasteiger partial charge in [-0.15, -0.1) is 0 Å². The Hall–Kier alpha value is -2.22. The van der Waals surface area contributed by atoms with Gasteiger partial charge in [-0.1, -0.05) is 0 Å². The number of aliphatic carboxylic acids is 1. The fraction of sp³-hybridized carbons (Fsp3) is 0.625. The second-order valence-corrected chi connectivity index (χ2v) is 6.39. The number of carboxylic acids is 1. The second kappa shape index (κ2) is 7.57. The zero-order valence-corrected chi connectivity index (χ0v) is 14.1. The van der Waals surface area contributed by atoms with Crippen LogP contribution < -0.4 is 11.4 Å². The zero-order chi connectivity index (χ0) is 17.9. The van der Waals surface area contributed by atoms with Gasteiger partial charge in [0.05, 0.1) is 5.92 Å². The number of nitrogens with two attached hydrogens (primary N) is 1. The summed E-state index contributed by atoms with van der Waals surface area (Å²) in [7, 11) is 0. The van der Waals surface area contributed by atoms with Gasteiger partial charge >= 0.3 is 11.7 Å². The molecule has 0 saturated carbocycles.